The summed E-state index contributed by atoms with van der Waals surface area (Å²) in [7, 11) is 0. The molecule has 3 rings (SSSR count). The van der Waals surface area contributed by atoms with Crippen LogP contribution in [0, 0.1) is 10.1 Å². The average Bonchev–Trinajstić information content (AvgIpc) is 3.01. The molecule has 6 nitrogen and oxygen atoms in total. The molecular weight excluding hydrogens is 346 g/mol. The Balaban J connectivity index is 1.88. The molecule has 20 heavy (non-hydrogen) atoms. The van der Waals surface area contributed by atoms with Crippen LogP contribution in [-0.4, -0.2) is 9.91 Å². The van der Waals surface area contributed by atoms with E-state index in [0.29, 0.717) is 12.1 Å². The van der Waals surface area contributed by atoms with Crippen molar-refractivity contribution in [3.05, 3.63) is 49.1 Å². The summed E-state index contributed by atoms with van der Waals surface area (Å²) < 4.78 is 6.47. The minimum absolute atomic E-state index is 0.0587. The summed E-state index contributed by atoms with van der Waals surface area (Å²) in [4.78, 5) is 15.7. The maximum Gasteiger partial charge on any atom is 0.298 e. The van der Waals surface area contributed by atoms with Gasteiger partial charge in [0.25, 0.3) is 11.7 Å². The number of anilines is 1. The minimum atomic E-state index is -0.468. The summed E-state index contributed by atoms with van der Waals surface area (Å²) in [6.45, 7) is 0.541. The van der Waals surface area contributed by atoms with Gasteiger partial charge in [-0.1, -0.05) is 6.07 Å². The first-order valence-corrected chi connectivity index (χ1v) is 7.32. The predicted octanol–water partition coefficient (Wildman–Crippen LogP) is 4.17. The molecule has 8 heteroatoms. The number of nitrogens with one attached hydrogen (secondary N) is 1. The molecule has 0 radical (unpaired) electrons. The molecule has 3 aromatic rings. The molecule has 0 aliphatic rings. The standard InChI is InChI=1S/C12H8BrN3O3S/c13-7-4-5-20-10(7)6-14-12-15-11-8(16(17)18)2-1-3-9(11)19-12/h1-5H,6H2,(H,14,15). The van der Waals surface area contributed by atoms with E-state index in [-0.39, 0.29) is 17.2 Å². The molecule has 2 aromatic heterocycles. The molecule has 0 aliphatic heterocycles. The molecule has 0 saturated heterocycles. The number of hydrogen-bond donors (Lipinski definition) is 1. The maximum absolute atomic E-state index is 10.9. The summed E-state index contributed by atoms with van der Waals surface area (Å²) in [6, 6.07) is 6.87. The summed E-state index contributed by atoms with van der Waals surface area (Å²) in [5.74, 6) is 0. The number of rotatable bonds is 4. The van der Waals surface area contributed by atoms with E-state index in [4.69, 9.17) is 4.42 Å². The first-order chi connectivity index (χ1) is 9.65. The summed E-state index contributed by atoms with van der Waals surface area (Å²) in [5, 5.41) is 15.9. The minimum Gasteiger partial charge on any atom is -0.423 e. The fourth-order valence-electron chi connectivity index (χ4n) is 1.76. The summed E-state index contributed by atoms with van der Waals surface area (Å²) in [6.07, 6.45) is 0. The number of halogens is 1. The number of oxazole rings is 1. The van der Waals surface area contributed by atoms with E-state index < -0.39 is 4.92 Å². The van der Waals surface area contributed by atoms with Crippen LogP contribution in [0.2, 0.25) is 0 Å². The van der Waals surface area contributed by atoms with Gasteiger partial charge in [-0.25, -0.2) is 0 Å². The lowest BCUT2D eigenvalue weighted by molar-refractivity contribution is -0.383. The lowest BCUT2D eigenvalue weighted by Gasteiger charge is -1.98. The molecule has 0 fully saturated rings. The van der Waals surface area contributed by atoms with Gasteiger partial charge in [-0.05, 0) is 33.4 Å². The number of aromatic nitrogens is 1. The number of nitrogens with zero attached hydrogens (tertiary/aromatic N) is 2. The Labute approximate surface area is 125 Å². The molecule has 0 spiro atoms. The highest BCUT2D eigenvalue weighted by Gasteiger charge is 2.17. The van der Waals surface area contributed by atoms with E-state index in [1.165, 1.54) is 6.07 Å². The molecule has 0 aliphatic carbocycles. The quantitative estimate of drug-likeness (QED) is 0.562. The van der Waals surface area contributed by atoms with Gasteiger partial charge in [0.05, 0.1) is 11.5 Å². The number of benzene rings is 1. The lowest BCUT2D eigenvalue weighted by atomic mass is 10.3. The Bertz CT molecular complexity index is 783. The number of hydrogen-bond acceptors (Lipinski definition) is 6. The number of para-hydroxylation sites is 1. The van der Waals surface area contributed by atoms with Crippen molar-refractivity contribution >= 4 is 50.1 Å². The second kappa shape index (κ2) is 5.22. The highest BCUT2D eigenvalue weighted by Crippen LogP contribution is 2.28. The van der Waals surface area contributed by atoms with Gasteiger partial charge in [0, 0.05) is 15.4 Å². The average molecular weight is 354 g/mol. The number of thiophene rings is 1. The topological polar surface area (TPSA) is 81.2 Å². The number of nitro benzene ring substituents is 1. The monoisotopic (exact) mass is 353 g/mol. The van der Waals surface area contributed by atoms with E-state index in [1.807, 2.05) is 11.4 Å². The molecule has 1 N–H and O–H groups in total. The molecule has 0 atom stereocenters. The number of non-ortho nitro benzene ring substituents is 1. The van der Waals surface area contributed by atoms with Crippen LogP contribution in [0.25, 0.3) is 11.1 Å². The number of nitro groups is 1. The first-order valence-electron chi connectivity index (χ1n) is 5.65. The Morgan fingerprint density at radius 1 is 1.45 bits per heavy atom. The van der Waals surface area contributed by atoms with Crippen LogP contribution in [0.3, 0.4) is 0 Å². The van der Waals surface area contributed by atoms with Crippen molar-refractivity contribution in [1.29, 1.82) is 0 Å². The van der Waals surface area contributed by atoms with Crippen LogP contribution in [0.4, 0.5) is 11.7 Å². The molecule has 2 heterocycles. The molecule has 1 aromatic carbocycles. The van der Waals surface area contributed by atoms with Gasteiger partial charge in [-0.2, -0.15) is 4.98 Å². The van der Waals surface area contributed by atoms with Crippen molar-refractivity contribution < 1.29 is 9.34 Å². The van der Waals surface area contributed by atoms with Gasteiger partial charge in [-0.15, -0.1) is 11.3 Å². The van der Waals surface area contributed by atoms with Gasteiger partial charge < -0.3 is 9.73 Å². The van der Waals surface area contributed by atoms with Gasteiger partial charge >= 0.3 is 0 Å². The smallest absolute Gasteiger partial charge is 0.298 e. The first kappa shape index (κ1) is 13.1. The molecule has 102 valence electrons. The maximum atomic E-state index is 10.9. The molecule has 0 saturated carbocycles. The van der Waals surface area contributed by atoms with Crippen molar-refractivity contribution in [2.24, 2.45) is 0 Å². The Hall–Kier alpha value is -1.93. The van der Waals surface area contributed by atoms with Crippen LogP contribution in [0.1, 0.15) is 4.88 Å². The van der Waals surface area contributed by atoms with E-state index in [2.05, 4.69) is 26.2 Å². The normalized spacial score (nSPS) is 10.8. The van der Waals surface area contributed by atoms with E-state index in [9.17, 15) is 10.1 Å². The molecular formula is C12H8BrN3O3S. The van der Waals surface area contributed by atoms with E-state index >= 15 is 0 Å². The van der Waals surface area contributed by atoms with Crippen molar-refractivity contribution in [3.8, 4) is 0 Å². The van der Waals surface area contributed by atoms with Crippen LogP contribution in [-0.2, 0) is 6.54 Å². The lowest BCUT2D eigenvalue weighted by Crippen LogP contribution is -1.97. The predicted molar refractivity (Wildman–Crippen MR) is 80.0 cm³/mol. The van der Waals surface area contributed by atoms with Crippen LogP contribution >= 0.6 is 27.3 Å². The van der Waals surface area contributed by atoms with Crippen LogP contribution in [0.5, 0.6) is 0 Å². The van der Waals surface area contributed by atoms with E-state index in [0.717, 1.165) is 9.35 Å². The fourth-order valence-corrected chi connectivity index (χ4v) is 3.20. The van der Waals surface area contributed by atoms with Crippen LogP contribution < -0.4 is 5.32 Å². The van der Waals surface area contributed by atoms with Gasteiger partial charge in [0.15, 0.2) is 11.1 Å². The number of fused-ring (bicyclic) bond motifs is 1. The molecule has 0 bridgehead atoms. The SMILES string of the molecule is O=[N+]([O-])c1cccc2oc(NCc3sccc3Br)nc12. The van der Waals surface area contributed by atoms with E-state index in [1.54, 1.807) is 23.5 Å². The highest BCUT2D eigenvalue weighted by molar-refractivity contribution is 9.10. The Morgan fingerprint density at radius 3 is 3.00 bits per heavy atom. The van der Waals surface area contributed by atoms with Crippen molar-refractivity contribution in [3.63, 3.8) is 0 Å². The third-order valence-electron chi connectivity index (χ3n) is 2.69. The van der Waals surface area contributed by atoms with Crippen molar-refractivity contribution in [2.45, 2.75) is 6.54 Å². The second-order valence-electron chi connectivity index (χ2n) is 3.95. The van der Waals surface area contributed by atoms with Crippen LogP contribution in [0.15, 0.2) is 38.5 Å². The highest BCUT2D eigenvalue weighted by atomic mass is 79.9. The zero-order valence-electron chi connectivity index (χ0n) is 10.00. The van der Waals surface area contributed by atoms with Gasteiger partial charge in [-0.3, -0.25) is 10.1 Å². The van der Waals surface area contributed by atoms with Gasteiger partial charge in [0.2, 0.25) is 0 Å². The van der Waals surface area contributed by atoms with Crippen molar-refractivity contribution in [1.82, 2.24) is 4.98 Å². The van der Waals surface area contributed by atoms with Gasteiger partial charge in [0.1, 0.15) is 0 Å². The molecule has 0 amide bonds. The molecule has 0 unspecified atom stereocenters. The summed E-state index contributed by atoms with van der Waals surface area (Å²) in [5.41, 5.74) is 0.591. The Morgan fingerprint density at radius 2 is 2.30 bits per heavy atom. The largest absolute Gasteiger partial charge is 0.423 e. The Kier molecular flexibility index (Phi) is 3.41. The zero-order chi connectivity index (χ0) is 14.1. The third-order valence-corrected chi connectivity index (χ3v) is 4.61. The second-order valence-corrected chi connectivity index (χ2v) is 5.80. The van der Waals surface area contributed by atoms with Crippen molar-refractivity contribution in [2.75, 3.05) is 5.32 Å². The zero-order valence-corrected chi connectivity index (χ0v) is 12.4. The third kappa shape index (κ3) is 2.39. The fraction of sp³-hybridized carbons (Fsp3) is 0.0833. The summed E-state index contributed by atoms with van der Waals surface area (Å²) >= 11 is 5.03.